The molecule has 1 amide bonds. The van der Waals surface area contributed by atoms with E-state index in [1.165, 1.54) is 19.3 Å². The van der Waals surface area contributed by atoms with Crippen LogP contribution in [0.25, 0.3) is 11.0 Å². The number of anilines is 3. The van der Waals surface area contributed by atoms with Crippen molar-refractivity contribution in [2.45, 2.75) is 25.3 Å². The molecule has 3 aromatic rings. The van der Waals surface area contributed by atoms with Crippen molar-refractivity contribution in [3.8, 4) is 0 Å². The Bertz CT molecular complexity index is 1110. The van der Waals surface area contributed by atoms with Gasteiger partial charge in [0.2, 0.25) is 11.9 Å². The third-order valence-electron chi connectivity index (χ3n) is 6.41. The van der Waals surface area contributed by atoms with Gasteiger partial charge in [-0.25, -0.2) is 4.98 Å². The van der Waals surface area contributed by atoms with Gasteiger partial charge in [0.25, 0.3) is 0 Å². The average Bonchev–Trinajstić information content (AvgIpc) is 2.83. The molecule has 0 aliphatic carbocycles. The molecular weight excluding hydrogens is 402 g/mol. The molecule has 4 heterocycles. The summed E-state index contributed by atoms with van der Waals surface area (Å²) in [5.41, 5.74) is 3.48. The summed E-state index contributed by atoms with van der Waals surface area (Å²) in [5, 5.41) is 3.44. The van der Waals surface area contributed by atoms with E-state index < -0.39 is 0 Å². The van der Waals surface area contributed by atoms with Crippen LogP contribution in [0.2, 0.25) is 0 Å². The number of pyridine rings is 1. The fourth-order valence-electron chi connectivity index (χ4n) is 4.50. The monoisotopic (exact) mass is 431 g/mol. The molecule has 1 unspecified atom stereocenters. The van der Waals surface area contributed by atoms with Crippen molar-refractivity contribution in [2.24, 2.45) is 0 Å². The summed E-state index contributed by atoms with van der Waals surface area (Å²) < 4.78 is 0. The third-order valence-corrected chi connectivity index (χ3v) is 6.41. The molecule has 1 atom stereocenters. The molecule has 1 aromatic carbocycles. The molecule has 32 heavy (non-hydrogen) atoms. The predicted octanol–water partition coefficient (Wildman–Crippen LogP) is 3.20. The zero-order chi connectivity index (χ0) is 22.1. The molecule has 0 spiro atoms. The van der Waals surface area contributed by atoms with E-state index in [9.17, 15) is 4.79 Å². The molecule has 0 bridgehead atoms. The number of carbonyl (C=O) groups is 1. The van der Waals surface area contributed by atoms with Crippen molar-refractivity contribution in [1.82, 2.24) is 24.8 Å². The van der Waals surface area contributed by atoms with Crippen LogP contribution < -0.4 is 10.2 Å². The smallest absolute Gasteiger partial charge is 0.244 e. The molecule has 2 aromatic heterocycles. The van der Waals surface area contributed by atoms with E-state index in [-0.39, 0.29) is 11.9 Å². The molecule has 0 radical (unpaired) electrons. The summed E-state index contributed by atoms with van der Waals surface area (Å²) in [6.45, 7) is 3.60. The van der Waals surface area contributed by atoms with Crippen LogP contribution in [0.15, 0.2) is 42.6 Å². The number of piperidine rings is 1. The standard InChI is InChI=1S/C24H29N7O/c1-29-15-16-30(2)23(32)21(29)17-8-10-18(11-9-17)26-22-20-19(7-6-12-25-20)27-24(28-22)31-13-4-3-5-14-31/h6-12,21H,3-5,13-16H2,1-2H3,(H,26,27,28). The van der Waals surface area contributed by atoms with Crippen LogP contribution in [0.4, 0.5) is 17.5 Å². The maximum absolute atomic E-state index is 12.7. The van der Waals surface area contributed by atoms with Gasteiger partial charge in [-0.2, -0.15) is 4.98 Å². The zero-order valence-corrected chi connectivity index (χ0v) is 18.7. The summed E-state index contributed by atoms with van der Waals surface area (Å²) in [6, 6.07) is 11.7. The van der Waals surface area contributed by atoms with Crippen LogP contribution in [-0.4, -0.2) is 70.9 Å². The fourth-order valence-corrected chi connectivity index (χ4v) is 4.50. The normalized spacial score (nSPS) is 20.1. The second kappa shape index (κ2) is 8.70. The molecule has 0 saturated carbocycles. The Morgan fingerprint density at radius 3 is 2.50 bits per heavy atom. The molecule has 5 rings (SSSR count). The number of carbonyl (C=O) groups excluding carboxylic acids is 1. The van der Waals surface area contributed by atoms with Crippen molar-refractivity contribution in [1.29, 1.82) is 0 Å². The number of likely N-dealkylation sites (N-methyl/N-ethyl adjacent to an activating group) is 2. The maximum atomic E-state index is 12.7. The summed E-state index contributed by atoms with van der Waals surface area (Å²) in [6.07, 6.45) is 5.36. The first kappa shape index (κ1) is 20.6. The minimum Gasteiger partial charge on any atom is -0.343 e. The van der Waals surface area contributed by atoms with Crippen LogP contribution >= 0.6 is 0 Å². The number of piperazine rings is 1. The number of fused-ring (bicyclic) bond motifs is 1. The van der Waals surface area contributed by atoms with Gasteiger partial charge in [-0.1, -0.05) is 12.1 Å². The summed E-state index contributed by atoms with van der Waals surface area (Å²) >= 11 is 0. The van der Waals surface area contributed by atoms with Gasteiger partial charge in [0.15, 0.2) is 5.82 Å². The Balaban J connectivity index is 1.43. The number of benzene rings is 1. The van der Waals surface area contributed by atoms with Crippen molar-refractivity contribution in [2.75, 3.05) is 50.5 Å². The number of hydrogen-bond donors (Lipinski definition) is 1. The highest BCUT2D eigenvalue weighted by Gasteiger charge is 2.31. The van der Waals surface area contributed by atoms with Crippen LogP contribution in [0.1, 0.15) is 30.9 Å². The van der Waals surface area contributed by atoms with Crippen molar-refractivity contribution >= 4 is 34.4 Å². The predicted molar refractivity (Wildman–Crippen MR) is 126 cm³/mol. The first-order chi connectivity index (χ1) is 15.6. The van der Waals surface area contributed by atoms with Gasteiger partial charge in [-0.15, -0.1) is 0 Å². The van der Waals surface area contributed by atoms with Crippen LogP contribution in [-0.2, 0) is 4.79 Å². The van der Waals surface area contributed by atoms with E-state index >= 15 is 0 Å². The van der Waals surface area contributed by atoms with Gasteiger partial charge in [-0.3, -0.25) is 14.7 Å². The Hall–Kier alpha value is -3.26. The van der Waals surface area contributed by atoms with E-state index in [0.29, 0.717) is 5.82 Å². The first-order valence-electron chi connectivity index (χ1n) is 11.3. The van der Waals surface area contributed by atoms with E-state index in [1.54, 1.807) is 11.1 Å². The van der Waals surface area contributed by atoms with Gasteiger partial charge in [0.1, 0.15) is 11.6 Å². The van der Waals surface area contributed by atoms with Gasteiger partial charge in [0.05, 0.1) is 5.52 Å². The van der Waals surface area contributed by atoms with E-state index in [1.807, 2.05) is 50.5 Å². The first-order valence-corrected chi connectivity index (χ1v) is 11.3. The summed E-state index contributed by atoms with van der Waals surface area (Å²) in [5.74, 6) is 1.59. The molecule has 8 nitrogen and oxygen atoms in total. The molecule has 2 saturated heterocycles. The maximum Gasteiger partial charge on any atom is 0.244 e. The number of nitrogens with zero attached hydrogens (tertiary/aromatic N) is 6. The van der Waals surface area contributed by atoms with Crippen LogP contribution in [0.5, 0.6) is 0 Å². The SMILES string of the molecule is CN1CCN(C)C(c2ccc(Nc3nc(N4CCCCC4)nc4cccnc34)cc2)C1=O. The summed E-state index contributed by atoms with van der Waals surface area (Å²) in [4.78, 5) is 33.0. The zero-order valence-electron chi connectivity index (χ0n) is 18.7. The highest BCUT2D eigenvalue weighted by atomic mass is 16.2. The fraction of sp³-hybridized carbons (Fsp3) is 0.417. The van der Waals surface area contributed by atoms with Crippen LogP contribution in [0.3, 0.4) is 0 Å². The second-order valence-electron chi connectivity index (χ2n) is 8.68. The largest absolute Gasteiger partial charge is 0.343 e. The molecule has 2 aliphatic rings. The number of aromatic nitrogens is 3. The number of rotatable bonds is 4. The molecule has 166 valence electrons. The van der Waals surface area contributed by atoms with Crippen molar-refractivity contribution < 1.29 is 4.79 Å². The van der Waals surface area contributed by atoms with Gasteiger partial charge in [-0.05, 0) is 56.1 Å². The quantitative estimate of drug-likeness (QED) is 0.680. The van der Waals surface area contributed by atoms with Gasteiger partial charge >= 0.3 is 0 Å². The molecule has 1 N–H and O–H groups in total. The second-order valence-corrected chi connectivity index (χ2v) is 8.68. The minimum atomic E-state index is -0.241. The molecule has 2 fully saturated rings. The number of hydrogen-bond acceptors (Lipinski definition) is 7. The highest BCUT2D eigenvalue weighted by Crippen LogP contribution is 2.29. The van der Waals surface area contributed by atoms with E-state index in [4.69, 9.17) is 9.97 Å². The lowest BCUT2D eigenvalue weighted by atomic mass is 10.0. The van der Waals surface area contributed by atoms with Crippen molar-refractivity contribution in [3.63, 3.8) is 0 Å². The molecule has 2 aliphatic heterocycles. The van der Waals surface area contributed by atoms with Gasteiger partial charge < -0.3 is 15.1 Å². The Morgan fingerprint density at radius 2 is 1.72 bits per heavy atom. The lowest BCUT2D eigenvalue weighted by Gasteiger charge is -2.37. The third kappa shape index (κ3) is 3.98. The number of nitrogens with one attached hydrogen (secondary N) is 1. The minimum absolute atomic E-state index is 0.136. The lowest BCUT2D eigenvalue weighted by molar-refractivity contribution is -0.139. The van der Waals surface area contributed by atoms with Crippen LogP contribution in [0, 0.1) is 0 Å². The Morgan fingerprint density at radius 1 is 0.938 bits per heavy atom. The molecular formula is C24H29N7O. The Kier molecular flexibility index (Phi) is 5.61. The Labute approximate surface area is 188 Å². The number of amides is 1. The van der Waals surface area contributed by atoms with E-state index in [0.717, 1.165) is 54.4 Å². The van der Waals surface area contributed by atoms with Crippen molar-refractivity contribution in [3.05, 3.63) is 48.2 Å². The topological polar surface area (TPSA) is 77.5 Å². The van der Waals surface area contributed by atoms with Gasteiger partial charge in [0, 0.05) is 45.1 Å². The summed E-state index contributed by atoms with van der Waals surface area (Å²) in [7, 11) is 3.87. The average molecular weight is 432 g/mol. The molecule has 8 heteroatoms. The highest BCUT2D eigenvalue weighted by molar-refractivity contribution is 5.88. The van der Waals surface area contributed by atoms with E-state index in [2.05, 4.69) is 20.1 Å². The lowest BCUT2D eigenvalue weighted by Crippen LogP contribution is -2.48.